The predicted octanol–water partition coefficient (Wildman–Crippen LogP) is 8.54. The number of aromatic nitrogens is 6. The standard InChI is InChI=1S/C54H63F4N13O6/c1-28(2)45(65-53(74)77-6)50(72)69-16-7-10-43(69)48-61-37-24-31(33(55)26-39(37)63-48)41-12-13-42(71(41)30-22-35(57)47(36(58)23-30)67-18-20-68(21-19-67)52-59-14-9-15-60-52)32-25-38-40(27-34(32)56)64-49(62-38)44-11-8-17-70(44)51(73)46(29(3)4)66(5)54(75)76/h9,14-15,22-29,41-46H,7-8,10-13,16-21H2,1-6H3,(H,61,63)(H,62,64)(H,65,74)(H,75,76)/t41-,42-,43+,44+,45+,46+/m1/s1. The number of imidazole rings is 2. The molecule has 0 radical (unpaired) electrons. The molecular weight excluding hydrogens is 1000 g/mol. The minimum atomic E-state index is -1.23. The number of hydrogen-bond acceptors (Lipinski definition) is 12. The third-order valence-electron chi connectivity index (χ3n) is 15.8. The summed E-state index contributed by atoms with van der Waals surface area (Å²) in [7, 11) is 2.59. The number of aromatic amines is 2. The number of H-pyrrole nitrogens is 2. The Hall–Kier alpha value is -7.72. The van der Waals surface area contributed by atoms with Crippen LogP contribution in [0.4, 0.5) is 44.5 Å². The van der Waals surface area contributed by atoms with Gasteiger partial charge in [0.15, 0.2) is 11.6 Å². The lowest BCUT2D eigenvalue weighted by atomic mass is 10.0. The normalized spacial score (nSPS) is 20.8. The number of piperazine rings is 1. The number of amides is 4. The number of methoxy groups -OCH3 is 1. The fraction of sp³-hybridized carbons (Fsp3) is 0.481. The van der Waals surface area contributed by atoms with Gasteiger partial charge in [0.2, 0.25) is 17.8 Å². The van der Waals surface area contributed by atoms with E-state index in [1.54, 1.807) is 64.0 Å². The van der Waals surface area contributed by atoms with Gasteiger partial charge in [0.05, 0.1) is 53.3 Å². The van der Waals surface area contributed by atoms with E-state index in [-0.39, 0.29) is 83.1 Å². The van der Waals surface area contributed by atoms with Gasteiger partial charge in [-0.3, -0.25) is 14.5 Å². The molecule has 7 heterocycles. The summed E-state index contributed by atoms with van der Waals surface area (Å²) in [5.74, 6) is -2.92. The highest BCUT2D eigenvalue weighted by Gasteiger charge is 2.43. The maximum atomic E-state index is 16.9. The van der Waals surface area contributed by atoms with Crippen LogP contribution in [0.25, 0.3) is 22.1 Å². The summed E-state index contributed by atoms with van der Waals surface area (Å²) in [6.07, 6.45) is 4.15. The minimum absolute atomic E-state index is 0.0636. The lowest BCUT2D eigenvalue weighted by Crippen LogP contribution is -2.51. The molecule has 4 aliphatic heterocycles. The van der Waals surface area contributed by atoms with Crippen molar-refractivity contribution in [3.8, 4) is 0 Å². The van der Waals surface area contributed by atoms with Gasteiger partial charge in [-0.05, 0) is 80.7 Å². The van der Waals surface area contributed by atoms with E-state index in [9.17, 15) is 24.3 Å². The number of hydrogen-bond donors (Lipinski definition) is 4. The second-order valence-electron chi connectivity index (χ2n) is 21.1. The minimum Gasteiger partial charge on any atom is -0.465 e. The number of halogens is 4. The number of fused-ring (bicyclic) bond motifs is 2. The first-order chi connectivity index (χ1) is 36.9. The summed E-state index contributed by atoms with van der Waals surface area (Å²) in [6.45, 7) is 9.34. The number of nitrogens with zero attached hydrogens (tertiary/aromatic N) is 10. The molecular formula is C54H63F4N13O6. The monoisotopic (exact) mass is 1070 g/mol. The lowest BCUT2D eigenvalue weighted by Gasteiger charge is -2.37. The second-order valence-corrected chi connectivity index (χ2v) is 21.1. The zero-order valence-corrected chi connectivity index (χ0v) is 43.8. The van der Waals surface area contributed by atoms with E-state index in [1.165, 1.54) is 38.4 Å². The number of carboxylic acid groups (broad SMARTS) is 1. The fourth-order valence-electron chi connectivity index (χ4n) is 12.0. The molecule has 4 amide bonds. The van der Waals surface area contributed by atoms with Crippen molar-refractivity contribution in [3.05, 3.63) is 101 Å². The first-order valence-corrected chi connectivity index (χ1v) is 26.3. The van der Waals surface area contributed by atoms with Crippen LogP contribution in [0.2, 0.25) is 0 Å². The summed E-state index contributed by atoms with van der Waals surface area (Å²) in [5.41, 5.74) is 1.63. The Morgan fingerprint density at radius 1 is 0.675 bits per heavy atom. The zero-order valence-electron chi connectivity index (χ0n) is 43.8. The van der Waals surface area contributed by atoms with Gasteiger partial charge < -0.3 is 49.6 Å². The number of rotatable bonds is 13. The van der Waals surface area contributed by atoms with Crippen LogP contribution >= 0.6 is 0 Å². The maximum absolute atomic E-state index is 16.9. The number of benzene rings is 3. The van der Waals surface area contributed by atoms with Crippen molar-refractivity contribution < 1.29 is 46.6 Å². The molecule has 0 saturated carbocycles. The van der Waals surface area contributed by atoms with Crippen molar-refractivity contribution in [1.82, 2.24) is 49.9 Å². The predicted molar refractivity (Wildman–Crippen MR) is 278 cm³/mol. The third kappa shape index (κ3) is 9.99. The van der Waals surface area contributed by atoms with E-state index in [0.717, 1.165) is 4.90 Å². The highest BCUT2D eigenvalue weighted by molar-refractivity contribution is 5.87. The van der Waals surface area contributed by atoms with E-state index in [4.69, 9.17) is 14.7 Å². The van der Waals surface area contributed by atoms with Gasteiger partial charge in [0.25, 0.3) is 0 Å². The molecule has 3 aromatic heterocycles. The highest BCUT2D eigenvalue weighted by Crippen LogP contribution is 2.50. The van der Waals surface area contributed by atoms with Gasteiger partial charge in [-0.25, -0.2) is 47.1 Å². The van der Waals surface area contributed by atoms with E-state index in [2.05, 4.69) is 25.3 Å². The van der Waals surface area contributed by atoms with Crippen LogP contribution in [0.15, 0.2) is 54.9 Å². The lowest BCUT2D eigenvalue weighted by molar-refractivity contribution is -0.138. The van der Waals surface area contributed by atoms with Crippen molar-refractivity contribution in [2.45, 2.75) is 102 Å². The SMILES string of the molecule is COC(=O)N[C@H](C(=O)N1CCC[C@H]1c1nc2cc(F)c([C@H]3CC[C@H](c4cc5[nH]c([C@@H]6CCCN6C(=O)[C@H](C(C)C)N(C)C(=O)O)nc5cc4F)N3c3cc(F)c(N4CCN(c5ncccn5)CC4)c(F)c3)cc2[nH]1)C(C)C. The van der Waals surface area contributed by atoms with E-state index in [0.29, 0.717) is 80.5 Å². The smallest absolute Gasteiger partial charge is 0.407 e. The number of carbonyl (C=O) groups is 4. The van der Waals surface area contributed by atoms with Crippen molar-refractivity contribution in [3.63, 3.8) is 0 Å². The molecule has 6 aromatic rings. The van der Waals surface area contributed by atoms with Crippen LogP contribution in [0, 0.1) is 35.1 Å². The summed E-state index contributed by atoms with van der Waals surface area (Å²) in [5, 5.41) is 12.4. The Morgan fingerprint density at radius 3 is 1.66 bits per heavy atom. The number of alkyl carbamates (subject to hydrolysis) is 1. The second kappa shape index (κ2) is 21.4. The van der Waals surface area contributed by atoms with Crippen LogP contribution in [0.3, 0.4) is 0 Å². The molecule has 19 nitrogen and oxygen atoms in total. The average Bonchev–Trinajstić information content (AvgIpc) is 4.29. The van der Waals surface area contributed by atoms with Gasteiger partial charge >= 0.3 is 12.2 Å². The van der Waals surface area contributed by atoms with Crippen molar-refractivity contribution in [1.29, 1.82) is 0 Å². The summed E-state index contributed by atoms with van der Waals surface area (Å²) in [6, 6.07) is 5.31. The van der Waals surface area contributed by atoms with Crippen LogP contribution in [0.1, 0.15) is 113 Å². The molecule has 4 N–H and O–H groups in total. The summed E-state index contributed by atoms with van der Waals surface area (Å²) in [4.78, 5) is 86.5. The van der Waals surface area contributed by atoms with Crippen LogP contribution < -0.4 is 20.0 Å². The van der Waals surface area contributed by atoms with E-state index < -0.39 is 71.7 Å². The number of nitrogens with one attached hydrogen (secondary N) is 3. The number of carbonyl (C=O) groups excluding carboxylic acids is 3. The number of likely N-dealkylation sites (tertiary alicyclic amines) is 2. The highest BCUT2D eigenvalue weighted by atomic mass is 19.1. The molecule has 10 rings (SSSR count). The Morgan fingerprint density at radius 2 is 1.18 bits per heavy atom. The summed E-state index contributed by atoms with van der Waals surface area (Å²) >= 11 is 0. The molecule has 77 heavy (non-hydrogen) atoms. The maximum Gasteiger partial charge on any atom is 0.407 e. The Labute approximate surface area is 442 Å². The van der Waals surface area contributed by atoms with E-state index in [1.807, 2.05) is 18.7 Å². The average molecular weight is 1070 g/mol. The number of ether oxygens (including phenoxy) is 1. The van der Waals surface area contributed by atoms with Gasteiger partial charge in [-0.15, -0.1) is 0 Å². The molecule has 4 aliphatic rings. The largest absolute Gasteiger partial charge is 0.465 e. The van der Waals surface area contributed by atoms with Gasteiger partial charge in [-0.1, -0.05) is 27.7 Å². The molecule has 3 aromatic carbocycles. The topological polar surface area (TPSA) is 212 Å². The Kier molecular flexibility index (Phi) is 14.6. The molecule has 408 valence electrons. The number of anilines is 3. The first kappa shape index (κ1) is 52.7. The quantitative estimate of drug-likeness (QED) is 0.0800. The van der Waals surface area contributed by atoms with Crippen molar-refractivity contribution >= 4 is 63.4 Å². The molecule has 23 heteroatoms. The molecule has 0 bridgehead atoms. The van der Waals surface area contributed by atoms with Crippen LogP contribution in [-0.2, 0) is 14.3 Å². The molecule has 4 fully saturated rings. The zero-order chi connectivity index (χ0) is 54.6. The van der Waals surface area contributed by atoms with Crippen LogP contribution in [0.5, 0.6) is 0 Å². The van der Waals surface area contributed by atoms with Gasteiger partial charge in [0, 0.05) is 87.7 Å². The third-order valence-corrected chi connectivity index (χ3v) is 15.8. The fourth-order valence-corrected chi connectivity index (χ4v) is 12.0. The van der Waals surface area contributed by atoms with Gasteiger partial charge in [-0.2, -0.15) is 0 Å². The van der Waals surface area contributed by atoms with Crippen molar-refractivity contribution in [2.24, 2.45) is 11.8 Å². The Balaban J connectivity index is 0.999. The van der Waals surface area contributed by atoms with Crippen molar-refractivity contribution in [2.75, 3.05) is 68.1 Å². The number of likely N-dealkylation sites (N-methyl/N-ethyl adjacent to an activating group) is 1. The van der Waals surface area contributed by atoms with Crippen LogP contribution in [-0.4, -0.2) is 139 Å². The van der Waals surface area contributed by atoms with Gasteiger partial charge in [0.1, 0.15) is 41.1 Å². The van der Waals surface area contributed by atoms with E-state index >= 15 is 17.6 Å². The molecule has 0 aliphatic carbocycles. The summed E-state index contributed by atoms with van der Waals surface area (Å²) < 4.78 is 72.3. The molecule has 4 saturated heterocycles. The molecule has 0 spiro atoms. The first-order valence-electron chi connectivity index (χ1n) is 26.3. The molecule has 0 unspecified atom stereocenters. The molecule has 6 atom stereocenters. The Bertz CT molecular complexity index is 3180.